The van der Waals surface area contributed by atoms with Crippen LogP contribution in [0.4, 0.5) is 0 Å². The molecule has 0 saturated carbocycles. The van der Waals surface area contributed by atoms with Gasteiger partial charge >= 0.3 is 0 Å². The van der Waals surface area contributed by atoms with Crippen molar-refractivity contribution in [1.82, 2.24) is 0 Å². The smallest absolute Gasteiger partial charge is 0.0183 e. The van der Waals surface area contributed by atoms with Gasteiger partial charge in [0.05, 0.1) is 0 Å². The molecule has 0 aromatic carbocycles. The van der Waals surface area contributed by atoms with Crippen molar-refractivity contribution < 1.29 is 0 Å². The molecular weight excluding hydrogens is 211 g/mol. The highest BCUT2D eigenvalue weighted by Gasteiger charge is 2.18. The van der Waals surface area contributed by atoms with Gasteiger partial charge in [-0.2, -0.15) is 0 Å². The van der Waals surface area contributed by atoms with Crippen LogP contribution in [-0.2, 0) is 0 Å². The van der Waals surface area contributed by atoms with E-state index in [1.165, 1.54) is 24.6 Å². The minimum absolute atomic E-state index is 0.368. The lowest BCUT2D eigenvalue weighted by molar-refractivity contribution is 0.348. The zero-order valence-electron chi connectivity index (χ0n) is 11.4. The summed E-state index contributed by atoms with van der Waals surface area (Å²) in [5, 5.41) is 1.24. The van der Waals surface area contributed by atoms with Crippen LogP contribution in [0.3, 0.4) is 0 Å². The lowest BCUT2D eigenvalue weighted by Gasteiger charge is -2.25. The molecule has 0 atom stereocenters. The average Bonchev–Trinajstić information content (AvgIpc) is 2.16. The molecule has 0 bridgehead atoms. The first-order valence-electron chi connectivity index (χ1n) is 6.36. The van der Waals surface area contributed by atoms with Crippen LogP contribution in [0, 0.1) is 5.41 Å². The van der Waals surface area contributed by atoms with Gasteiger partial charge in [-0.05, 0) is 35.5 Å². The highest BCUT2D eigenvalue weighted by molar-refractivity contribution is 7.22. The summed E-state index contributed by atoms with van der Waals surface area (Å²) in [5.41, 5.74) is 1.49. The summed E-state index contributed by atoms with van der Waals surface area (Å²) in [5.74, 6) is 0. The van der Waals surface area contributed by atoms with E-state index in [1.54, 1.807) is 0 Å². The lowest BCUT2D eigenvalue weighted by atomic mass is 9.82. The van der Waals surface area contributed by atoms with Crippen LogP contribution in [0.15, 0.2) is 24.3 Å². The summed E-state index contributed by atoms with van der Waals surface area (Å²) in [7, 11) is 3.72. The van der Waals surface area contributed by atoms with E-state index < -0.39 is 0 Å². The standard InChI is InChI=1S/C15H27P/c1-6-8-9-10-13(3)14(16)12-15(4,5)11-7-2/h9-10,16H,3,6-8,11-12H2,1-2,4-5H3/b10-9-. The monoisotopic (exact) mass is 238 g/mol. The van der Waals surface area contributed by atoms with Crippen molar-refractivity contribution >= 4 is 14.2 Å². The molecule has 0 unspecified atom stereocenters. The molecule has 0 aromatic heterocycles. The maximum atomic E-state index is 4.10. The van der Waals surface area contributed by atoms with Crippen molar-refractivity contribution in [3.05, 3.63) is 24.3 Å². The Morgan fingerprint density at radius 3 is 2.38 bits per heavy atom. The van der Waals surface area contributed by atoms with E-state index in [0.29, 0.717) is 5.41 Å². The van der Waals surface area contributed by atoms with E-state index >= 15 is 0 Å². The third kappa shape index (κ3) is 7.01. The Labute approximate surface area is 104 Å². The Bertz CT molecular complexity index is 259. The minimum Gasteiger partial charge on any atom is -0.118 e. The molecule has 0 aliphatic rings. The van der Waals surface area contributed by atoms with E-state index in [4.69, 9.17) is 0 Å². The zero-order chi connectivity index (χ0) is 12.6. The molecule has 0 spiro atoms. The molecule has 92 valence electrons. The van der Waals surface area contributed by atoms with Gasteiger partial charge in [0.25, 0.3) is 0 Å². The van der Waals surface area contributed by atoms with Crippen molar-refractivity contribution in [3.63, 3.8) is 0 Å². The highest BCUT2D eigenvalue weighted by Crippen LogP contribution is 2.29. The van der Waals surface area contributed by atoms with Gasteiger partial charge in [-0.1, -0.05) is 59.3 Å². The van der Waals surface area contributed by atoms with Crippen LogP contribution in [0.2, 0.25) is 0 Å². The van der Waals surface area contributed by atoms with Crippen molar-refractivity contribution in [3.8, 4) is 0 Å². The number of hydrogen-bond donors (Lipinski definition) is 0. The largest absolute Gasteiger partial charge is 0.118 e. The second-order valence-electron chi connectivity index (χ2n) is 5.29. The van der Waals surface area contributed by atoms with Crippen molar-refractivity contribution in [2.45, 2.75) is 59.8 Å². The second kappa shape index (κ2) is 7.85. The molecule has 0 N–H and O–H groups in total. The van der Waals surface area contributed by atoms with E-state index in [2.05, 4.69) is 55.3 Å². The van der Waals surface area contributed by atoms with E-state index in [9.17, 15) is 0 Å². The number of hydrogen-bond acceptors (Lipinski definition) is 0. The van der Waals surface area contributed by atoms with E-state index in [1.807, 2.05) is 0 Å². The predicted octanol–water partition coefficient (Wildman–Crippen LogP) is 5.43. The fraction of sp³-hybridized carbons (Fsp3) is 0.667. The van der Waals surface area contributed by atoms with E-state index in [0.717, 1.165) is 18.4 Å². The van der Waals surface area contributed by atoms with Gasteiger partial charge in [-0.15, -0.1) is 8.86 Å². The summed E-state index contributed by atoms with van der Waals surface area (Å²) < 4.78 is 0. The fourth-order valence-corrected chi connectivity index (χ4v) is 2.41. The summed E-state index contributed by atoms with van der Waals surface area (Å²) in [6, 6.07) is 0. The SMILES string of the molecule is C=C(/C=C\CCC)C(=P)CC(C)(C)CCC. The van der Waals surface area contributed by atoms with Gasteiger partial charge < -0.3 is 0 Å². The average molecular weight is 238 g/mol. The van der Waals surface area contributed by atoms with Crippen LogP contribution in [0.25, 0.3) is 0 Å². The highest BCUT2D eigenvalue weighted by atomic mass is 31.0. The first-order valence-corrected chi connectivity index (χ1v) is 6.86. The number of unbranched alkanes of at least 4 members (excludes halogenated alkanes) is 1. The molecular formula is C15H27P. The van der Waals surface area contributed by atoms with E-state index in [-0.39, 0.29) is 0 Å². The molecule has 0 nitrogen and oxygen atoms in total. The molecule has 1 heteroatoms. The van der Waals surface area contributed by atoms with Crippen molar-refractivity contribution in [2.24, 2.45) is 5.41 Å². The zero-order valence-corrected chi connectivity index (χ0v) is 12.4. The second-order valence-corrected chi connectivity index (χ2v) is 5.89. The Morgan fingerprint density at radius 1 is 1.25 bits per heavy atom. The van der Waals surface area contributed by atoms with Gasteiger partial charge in [0, 0.05) is 0 Å². The minimum atomic E-state index is 0.368. The maximum absolute atomic E-state index is 4.10. The normalized spacial score (nSPS) is 12.0. The Balaban J connectivity index is 4.20. The van der Waals surface area contributed by atoms with Gasteiger partial charge in [0.2, 0.25) is 0 Å². The van der Waals surface area contributed by atoms with Gasteiger partial charge in [0.15, 0.2) is 0 Å². The third-order valence-electron chi connectivity index (χ3n) is 2.74. The van der Waals surface area contributed by atoms with Crippen LogP contribution in [-0.4, -0.2) is 5.29 Å². The summed E-state index contributed by atoms with van der Waals surface area (Å²) >= 11 is 0. The molecule has 0 saturated heterocycles. The summed E-state index contributed by atoms with van der Waals surface area (Å²) in [6.45, 7) is 13.2. The van der Waals surface area contributed by atoms with Crippen molar-refractivity contribution in [1.29, 1.82) is 0 Å². The topological polar surface area (TPSA) is 0 Å². The Morgan fingerprint density at radius 2 is 1.88 bits per heavy atom. The first-order chi connectivity index (χ1) is 7.43. The molecule has 0 amide bonds. The van der Waals surface area contributed by atoms with Gasteiger partial charge in [-0.3, -0.25) is 0 Å². The Hall–Kier alpha value is -0.350. The predicted molar refractivity (Wildman–Crippen MR) is 79.8 cm³/mol. The molecule has 16 heavy (non-hydrogen) atoms. The summed E-state index contributed by atoms with van der Waals surface area (Å²) in [4.78, 5) is 0. The lowest BCUT2D eigenvalue weighted by Crippen LogP contribution is -2.16. The van der Waals surface area contributed by atoms with Crippen molar-refractivity contribution in [2.75, 3.05) is 0 Å². The molecule has 0 aliphatic heterocycles. The quantitative estimate of drug-likeness (QED) is 0.390. The number of rotatable bonds is 8. The third-order valence-corrected chi connectivity index (χ3v) is 3.24. The molecule has 0 heterocycles. The van der Waals surface area contributed by atoms with Gasteiger partial charge in [-0.25, -0.2) is 0 Å². The molecule has 0 fully saturated rings. The summed E-state index contributed by atoms with van der Waals surface area (Å²) in [6.07, 6.45) is 10.2. The van der Waals surface area contributed by atoms with Gasteiger partial charge in [0.1, 0.15) is 0 Å². The maximum Gasteiger partial charge on any atom is -0.0183 e. The molecule has 0 aromatic rings. The van der Waals surface area contributed by atoms with Crippen LogP contribution in [0.1, 0.15) is 59.8 Å². The first kappa shape index (κ1) is 15.7. The van der Waals surface area contributed by atoms with Crippen LogP contribution < -0.4 is 0 Å². The fourth-order valence-electron chi connectivity index (χ4n) is 1.85. The number of allylic oxidation sites excluding steroid dienone is 3. The molecule has 0 radical (unpaired) electrons. The molecule has 0 rings (SSSR count). The van der Waals surface area contributed by atoms with Crippen LogP contribution >= 0.6 is 8.86 Å². The Kier molecular flexibility index (Phi) is 7.68. The molecule has 0 aliphatic carbocycles. The van der Waals surface area contributed by atoms with Crippen LogP contribution in [0.5, 0.6) is 0 Å².